The summed E-state index contributed by atoms with van der Waals surface area (Å²) in [6.45, 7) is 8.30. The minimum absolute atomic E-state index is 0.0403. The third-order valence-electron chi connectivity index (χ3n) is 3.41. The fourth-order valence-electron chi connectivity index (χ4n) is 2.22. The van der Waals surface area contributed by atoms with Gasteiger partial charge in [-0.25, -0.2) is 0 Å². The molecular formula is C17H26N6. The van der Waals surface area contributed by atoms with Gasteiger partial charge in [-0.3, -0.25) is 0 Å². The predicted molar refractivity (Wildman–Crippen MR) is 95.3 cm³/mol. The van der Waals surface area contributed by atoms with Gasteiger partial charge in [0.15, 0.2) is 5.82 Å². The Morgan fingerprint density at radius 3 is 2.57 bits per heavy atom. The van der Waals surface area contributed by atoms with E-state index in [1.54, 1.807) is 6.20 Å². The smallest absolute Gasteiger partial charge is 0.249 e. The molecule has 2 rings (SSSR count). The van der Waals surface area contributed by atoms with Crippen LogP contribution in [0.5, 0.6) is 0 Å². The number of nitrogens with one attached hydrogen (secondary N) is 2. The zero-order valence-electron chi connectivity index (χ0n) is 14.6. The molecule has 0 radical (unpaired) electrons. The van der Waals surface area contributed by atoms with Gasteiger partial charge < -0.3 is 15.5 Å². The van der Waals surface area contributed by atoms with E-state index in [0.717, 1.165) is 24.6 Å². The molecular weight excluding hydrogens is 288 g/mol. The zero-order chi connectivity index (χ0) is 16.9. The molecule has 1 aromatic carbocycles. The largest absolute Gasteiger partial charge is 0.367 e. The molecule has 0 saturated carbocycles. The number of rotatable bonds is 6. The standard InChI is InChI=1S/C17H26N6/c1-17(2,3)13-8-6-7-9-14(13)20-16-21-15(12-19-22-16)18-10-11-23(4)5/h6-9,12H,10-11H2,1-5H3,(H2,18,20,21,22). The quantitative estimate of drug-likeness (QED) is 0.854. The first-order valence-electron chi connectivity index (χ1n) is 7.81. The molecule has 124 valence electrons. The van der Waals surface area contributed by atoms with Gasteiger partial charge in [0.25, 0.3) is 0 Å². The summed E-state index contributed by atoms with van der Waals surface area (Å²) in [5.41, 5.74) is 2.26. The van der Waals surface area contributed by atoms with E-state index in [1.807, 2.05) is 32.3 Å². The number of aromatic nitrogens is 3. The van der Waals surface area contributed by atoms with Gasteiger partial charge >= 0.3 is 0 Å². The van der Waals surface area contributed by atoms with Crippen molar-refractivity contribution < 1.29 is 0 Å². The van der Waals surface area contributed by atoms with Crippen LogP contribution >= 0.6 is 0 Å². The normalized spacial score (nSPS) is 11.6. The lowest BCUT2D eigenvalue weighted by atomic mass is 9.86. The fraction of sp³-hybridized carbons (Fsp3) is 0.471. The Balaban J connectivity index is 2.12. The van der Waals surface area contributed by atoms with Gasteiger partial charge in [0.2, 0.25) is 5.95 Å². The number of para-hydroxylation sites is 1. The summed E-state index contributed by atoms with van der Waals surface area (Å²) in [6.07, 6.45) is 1.64. The van der Waals surface area contributed by atoms with Crippen LogP contribution < -0.4 is 10.6 Å². The molecule has 0 unspecified atom stereocenters. The third-order valence-corrected chi connectivity index (χ3v) is 3.41. The Bertz CT molecular complexity index is 633. The number of hydrogen-bond acceptors (Lipinski definition) is 6. The Morgan fingerprint density at radius 1 is 1.13 bits per heavy atom. The molecule has 0 bridgehead atoms. The highest BCUT2D eigenvalue weighted by molar-refractivity contribution is 5.60. The highest BCUT2D eigenvalue weighted by Gasteiger charge is 2.18. The van der Waals surface area contributed by atoms with Gasteiger partial charge in [0, 0.05) is 18.8 Å². The molecule has 0 aliphatic carbocycles. The molecule has 0 aliphatic rings. The Hall–Kier alpha value is -2.21. The van der Waals surface area contributed by atoms with Crippen LogP contribution in [0.2, 0.25) is 0 Å². The van der Waals surface area contributed by atoms with Crippen molar-refractivity contribution in [3.8, 4) is 0 Å². The minimum atomic E-state index is 0.0403. The van der Waals surface area contributed by atoms with Gasteiger partial charge in [-0.1, -0.05) is 39.0 Å². The SMILES string of the molecule is CN(C)CCNc1cnnc(Nc2ccccc2C(C)(C)C)n1. The van der Waals surface area contributed by atoms with Gasteiger partial charge in [-0.05, 0) is 31.1 Å². The molecule has 23 heavy (non-hydrogen) atoms. The maximum atomic E-state index is 4.47. The third kappa shape index (κ3) is 5.17. The molecule has 0 saturated heterocycles. The second-order valence-electron chi connectivity index (χ2n) is 6.82. The Morgan fingerprint density at radius 2 is 1.87 bits per heavy atom. The Kier molecular flexibility index (Phi) is 5.50. The van der Waals surface area contributed by atoms with E-state index in [2.05, 4.69) is 57.6 Å². The van der Waals surface area contributed by atoms with Crippen LogP contribution in [-0.2, 0) is 5.41 Å². The zero-order valence-corrected chi connectivity index (χ0v) is 14.6. The molecule has 0 aliphatic heterocycles. The molecule has 6 heteroatoms. The van der Waals surface area contributed by atoms with Gasteiger partial charge in [-0.15, -0.1) is 5.10 Å². The second-order valence-corrected chi connectivity index (χ2v) is 6.82. The van der Waals surface area contributed by atoms with E-state index in [0.29, 0.717) is 5.95 Å². The van der Waals surface area contributed by atoms with Crippen LogP contribution in [0.4, 0.5) is 17.5 Å². The summed E-state index contributed by atoms with van der Waals surface area (Å²) < 4.78 is 0. The lowest BCUT2D eigenvalue weighted by Gasteiger charge is -2.22. The number of hydrogen-bond donors (Lipinski definition) is 2. The minimum Gasteiger partial charge on any atom is -0.367 e. The van der Waals surface area contributed by atoms with Crippen molar-refractivity contribution in [2.45, 2.75) is 26.2 Å². The number of benzene rings is 1. The fourth-order valence-corrected chi connectivity index (χ4v) is 2.22. The van der Waals surface area contributed by atoms with Crippen molar-refractivity contribution >= 4 is 17.5 Å². The van der Waals surface area contributed by atoms with E-state index in [1.165, 1.54) is 5.56 Å². The van der Waals surface area contributed by atoms with Crippen LogP contribution in [-0.4, -0.2) is 47.3 Å². The summed E-state index contributed by atoms with van der Waals surface area (Å²) in [6, 6.07) is 8.21. The van der Waals surface area contributed by atoms with E-state index < -0.39 is 0 Å². The maximum absolute atomic E-state index is 4.47. The lowest BCUT2D eigenvalue weighted by molar-refractivity contribution is 0.425. The first kappa shape index (κ1) is 17.1. The van der Waals surface area contributed by atoms with Crippen molar-refractivity contribution in [2.24, 2.45) is 0 Å². The summed E-state index contributed by atoms with van der Waals surface area (Å²) in [5.74, 6) is 1.22. The van der Waals surface area contributed by atoms with Crippen LogP contribution in [0.3, 0.4) is 0 Å². The van der Waals surface area contributed by atoms with E-state index in [-0.39, 0.29) is 5.41 Å². The summed E-state index contributed by atoms with van der Waals surface area (Å²) in [5, 5.41) is 14.6. The molecule has 1 heterocycles. The average Bonchev–Trinajstić information content (AvgIpc) is 2.47. The van der Waals surface area contributed by atoms with Crippen molar-refractivity contribution in [1.29, 1.82) is 0 Å². The summed E-state index contributed by atoms with van der Waals surface area (Å²) in [4.78, 5) is 6.59. The molecule has 2 aromatic rings. The van der Waals surface area contributed by atoms with Crippen molar-refractivity contribution in [3.63, 3.8) is 0 Å². The summed E-state index contributed by atoms with van der Waals surface area (Å²) in [7, 11) is 4.08. The summed E-state index contributed by atoms with van der Waals surface area (Å²) >= 11 is 0. The van der Waals surface area contributed by atoms with Crippen LogP contribution in [0.25, 0.3) is 0 Å². The number of likely N-dealkylation sites (N-methyl/N-ethyl adjacent to an activating group) is 1. The van der Waals surface area contributed by atoms with Crippen molar-refractivity contribution in [1.82, 2.24) is 20.1 Å². The topological polar surface area (TPSA) is 66.0 Å². The van der Waals surface area contributed by atoms with Crippen molar-refractivity contribution in [3.05, 3.63) is 36.0 Å². The first-order chi connectivity index (χ1) is 10.9. The molecule has 0 spiro atoms. The molecule has 0 fully saturated rings. The predicted octanol–water partition coefficient (Wildman–Crippen LogP) is 2.89. The average molecular weight is 314 g/mol. The van der Waals surface area contributed by atoms with E-state index in [9.17, 15) is 0 Å². The molecule has 1 aromatic heterocycles. The number of anilines is 3. The van der Waals surface area contributed by atoms with Crippen molar-refractivity contribution in [2.75, 3.05) is 37.8 Å². The highest BCUT2D eigenvalue weighted by Crippen LogP contribution is 2.30. The first-order valence-corrected chi connectivity index (χ1v) is 7.81. The Labute approximate surface area is 138 Å². The lowest BCUT2D eigenvalue weighted by Crippen LogP contribution is -2.21. The maximum Gasteiger partial charge on any atom is 0.249 e. The van der Waals surface area contributed by atoms with Gasteiger partial charge in [0.1, 0.15) is 0 Å². The van der Waals surface area contributed by atoms with Gasteiger partial charge in [-0.2, -0.15) is 10.1 Å². The monoisotopic (exact) mass is 314 g/mol. The molecule has 6 nitrogen and oxygen atoms in total. The van der Waals surface area contributed by atoms with E-state index >= 15 is 0 Å². The molecule has 0 atom stereocenters. The highest BCUT2D eigenvalue weighted by atomic mass is 15.3. The molecule has 0 amide bonds. The second kappa shape index (κ2) is 7.37. The van der Waals surface area contributed by atoms with Crippen LogP contribution in [0, 0.1) is 0 Å². The van der Waals surface area contributed by atoms with Crippen LogP contribution in [0.1, 0.15) is 26.3 Å². The molecule has 2 N–H and O–H groups in total. The van der Waals surface area contributed by atoms with E-state index in [4.69, 9.17) is 0 Å². The van der Waals surface area contributed by atoms with Gasteiger partial charge in [0.05, 0.1) is 6.20 Å². The van der Waals surface area contributed by atoms with Crippen LogP contribution in [0.15, 0.2) is 30.5 Å². The number of nitrogens with zero attached hydrogens (tertiary/aromatic N) is 4.